The first-order valence-electron chi connectivity index (χ1n) is 6.48. The second-order valence-corrected chi connectivity index (χ2v) is 5.51. The fourth-order valence-corrected chi connectivity index (χ4v) is 2.42. The normalized spacial score (nSPS) is 18.5. The van der Waals surface area contributed by atoms with Crippen molar-refractivity contribution in [3.05, 3.63) is 28.8 Å². The zero-order valence-corrected chi connectivity index (χ0v) is 13.2. The van der Waals surface area contributed by atoms with Gasteiger partial charge in [-0.15, -0.1) is 0 Å². The Morgan fingerprint density at radius 1 is 1.29 bits per heavy atom. The molecule has 7 heteroatoms. The van der Waals surface area contributed by atoms with Crippen molar-refractivity contribution in [1.82, 2.24) is 5.01 Å². The fourth-order valence-electron chi connectivity index (χ4n) is 2.29. The minimum atomic E-state index is -0.758. The van der Waals surface area contributed by atoms with E-state index in [4.69, 9.17) is 18.0 Å². The van der Waals surface area contributed by atoms with Crippen molar-refractivity contribution in [1.29, 1.82) is 0 Å². The van der Waals surface area contributed by atoms with E-state index >= 15 is 0 Å². The van der Waals surface area contributed by atoms with Crippen molar-refractivity contribution in [3.8, 4) is 0 Å². The summed E-state index contributed by atoms with van der Waals surface area (Å²) in [5.74, 6) is -0.369. The Hall–Kier alpha value is -2.15. The molecule has 0 spiro atoms. The maximum absolute atomic E-state index is 12.1. The zero-order valence-electron chi connectivity index (χ0n) is 12.4. The average molecular weight is 303 g/mol. The van der Waals surface area contributed by atoms with Gasteiger partial charge >= 0.3 is 0 Å². The molecule has 0 unspecified atom stereocenters. The molecule has 0 saturated heterocycles. The molecule has 6 nitrogen and oxygen atoms in total. The van der Waals surface area contributed by atoms with Crippen LogP contribution in [0.1, 0.15) is 23.6 Å². The van der Waals surface area contributed by atoms with Gasteiger partial charge in [0.15, 0.2) is 11.2 Å². The van der Waals surface area contributed by atoms with E-state index in [1.54, 1.807) is 6.92 Å². The van der Waals surface area contributed by atoms with E-state index in [1.807, 2.05) is 32.9 Å². The minimum absolute atomic E-state index is 0.0836. The summed E-state index contributed by atoms with van der Waals surface area (Å²) in [7, 11) is 0. The number of hydrogen-bond acceptors (Lipinski definition) is 5. The number of azo groups is 1. The highest BCUT2D eigenvalue weighted by molar-refractivity contribution is 7.80. The van der Waals surface area contributed by atoms with Crippen LogP contribution in [0.4, 0.5) is 5.69 Å². The third-order valence-electron chi connectivity index (χ3n) is 3.21. The summed E-state index contributed by atoms with van der Waals surface area (Å²) >= 11 is 4.78. The molecule has 21 heavy (non-hydrogen) atoms. The van der Waals surface area contributed by atoms with Gasteiger partial charge in [-0.25, -0.2) is 0 Å². The number of rotatable bonds is 2. The number of nitrogens with two attached hydrogens (primary N) is 1. The van der Waals surface area contributed by atoms with Gasteiger partial charge < -0.3 is 5.73 Å². The average Bonchev–Trinajstić information content (AvgIpc) is 2.64. The number of thiocarbonyl (C=S) groups is 1. The molecule has 1 atom stereocenters. The molecular weight excluding hydrogens is 286 g/mol. The Morgan fingerprint density at radius 3 is 2.33 bits per heavy atom. The molecule has 2 rings (SSSR count). The van der Waals surface area contributed by atoms with Gasteiger partial charge in [-0.3, -0.25) is 4.79 Å². The number of benzene rings is 1. The highest BCUT2D eigenvalue weighted by Gasteiger charge is 2.35. The Morgan fingerprint density at radius 2 is 1.86 bits per heavy atom. The summed E-state index contributed by atoms with van der Waals surface area (Å²) in [5, 5.41) is 13.3. The molecule has 2 N–H and O–H groups in total. The van der Waals surface area contributed by atoms with Crippen molar-refractivity contribution in [2.75, 3.05) is 0 Å². The number of nitrogens with zero attached hydrogens (tertiary/aromatic N) is 4. The van der Waals surface area contributed by atoms with Crippen LogP contribution >= 0.6 is 12.2 Å². The van der Waals surface area contributed by atoms with Crippen molar-refractivity contribution >= 4 is 34.6 Å². The first-order chi connectivity index (χ1) is 9.81. The monoisotopic (exact) mass is 303 g/mol. The Bertz CT molecular complexity index is 657. The SMILES string of the molecule is CC1=NN(C(N)=S)C(=O)[C@@H]1N=Nc1c(C)cc(C)cc1C. The molecule has 0 radical (unpaired) electrons. The standard InChI is InChI=1S/C14H17N5OS/c1-7-5-8(2)11(9(3)6-7)16-17-12-10(4)18-19(13(12)20)14(15)21/h5-6,12H,1-4H3,(H2,15,21)/t12-/m1/s1. The summed E-state index contributed by atoms with van der Waals surface area (Å²) in [6.45, 7) is 7.66. The number of carbonyl (C=O) groups excluding carboxylic acids is 1. The van der Waals surface area contributed by atoms with E-state index in [0.29, 0.717) is 5.71 Å². The maximum atomic E-state index is 12.1. The van der Waals surface area contributed by atoms with Gasteiger partial charge in [0.2, 0.25) is 0 Å². The van der Waals surface area contributed by atoms with Crippen LogP contribution in [0.25, 0.3) is 0 Å². The molecule has 1 heterocycles. The van der Waals surface area contributed by atoms with Crippen LogP contribution < -0.4 is 5.73 Å². The van der Waals surface area contributed by atoms with Gasteiger partial charge in [0, 0.05) is 0 Å². The van der Waals surface area contributed by atoms with Crippen LogP contribution in [0.3, 0.4) is 0 Å². The number of amides is 1. The first kappa shape index (κ1) is 15.2. The Kier molecular flexibility index (Phi) is 4.13. The van der Waals surface area contributed by atoms with Crippen LogP contribution in [-0.4, -0.2) is 27.8 Å². The molecule has 0 aliphatic carbocycles. The summed E-state index contributed by atoms with van der Waals surface area (Å²) in [6, 6.07) is 3.30. The van der Waals surface area contributed by atoms with Gasteiger partial charge in [0.05, 0.1) is 11.4 Å². The van der Waals surface area contributed by atoms with E-state index in [-0.39, 0.29) is 11.0 Å². The van der Waals surface area contributed by atoms with Crippen LogP contribution in [0.15, 0.2) is 27.5 Å². The molecular formula is C14H17N5OS. The Balaban J connectivity index is 2.29. The van der Waals surface area contributed by atoms with Crippen molar-refractivity contribution < 1.29 is 4.79 Å². The number of carbonyl (C=O) groups is 1. The predicted octanol–water partition coefficient (Wildman–Crippen LogP) is 2.53. The fraction of sp³-hybridized carbons (Fsp3) is 0.357. The summed E-state index contributed by atoms with van der Waals surface area (Å²) in [5.41, 5.74) is 9.94. The smallest absolute Gasteiger partial charge is 0.282 e. The lowest BCUT2D eigenvalue weighted by Crippen LogP contribution is -2.37. The molecule has 1 aliphatic rings. The lowest BCUT2D eigenvalue weighted by molar-refractivity contribution is -0.126. The molecule has 0 fully saturated rings. The summed E-state index contributed by atoms with van der Waals surface area (Å²) in [6.07, 6.45) is 0. The Labute approximate surface area is 128 Å². The van der Waals surface area contributed by atoms with E-state index in [2.05, 4.69) is 15.3 Å². The van der Waals surface area contributed by atoms with Gasteiger partial charge in [-0.2, -0.15) is 20.3 Å². The van der Waals surface area contributed by atoms with Crippen molar-refractivity contribution in [3.63, 3.8) is 0 Å². The highest BCUT2D eigenvalue weighted by Crippen LogP contribution is 2.26. The van der Waals surface area contributed by atoms with Crippen LogP contribution in [0, 0.1) is 20.8 Å². The van der Waals surface area contributed by atoms with E-state index in [0.717, 1.165) is 21.8 Å². The van der Waals surface area contributed by atoms with E-state index in [9.17, 15) is 4.79 Å². The molecule has 0 bridgehead atoms. The minimum Gasteiger partial charge on any atom is -0.374 e. The summed E-state index contributed by atoms with van der Waals surface area (Å²) < 4.78 is 0. The second kappa shape index (κ2) is 5.69. The molecule has 110 valence electrons. The van der Waals surface area contributed by atoms with Gasteiger partial charge in [0.25, 0.3) is 5.91 Å². The largest absolute Gasteiger partial charge is 0.374 e. The molecule has 1 aliphatic heterocycles. The first-order valence-corrected chi connectivity index (χ1v) is 6.89. The van der Waals surface area contributed by atoms with Crippen LogP contribution in [-0.2, 0) is 4.79 Å². The molecule has 0 saturated carbocycles. The number of hydrogen-bond donors (Lipinski definition) is 1. The molecule has 0 aromatic heterocycles. The van der Waals surface area contributed by atoms with Crippen molar-refractivity contribution in [2.24, 2.45) is 21.1 Å². The molecule has 1 amide bonds. The highest BCUT2D eigenvalue weighted by atomic mass is 32.1. The molecule has 1 aromatic carbocycles. The lowest BCUT2D eigenvalue weighted by Gasteiger charge is -2.09. The lowest BCUT2D eigenvalue weighted by atomic mass is 10.1. The third kappa shape index (κ3) is 2.97. The van der Waals surface area contributed by atoms with Crippen molar-refractivity contribution in [2.45, 2.75) is 33.7 Å². The molecule has 1 aromatic rings. The van der Waals surface area contributed by atoms with Gasteiger partial charge in [-0.05, 0) is 51.0 Å². The topological polar surface area (TPSA) is 83.4 Å². The quantitative estimate of drug-likeness (QED) is 0.673. The zero-order chi connectivity index (χ0) is 15.7. The van der Waals surface area contributed by atoms with Crippen LogP contribution in [0.2, 0.25) is 0 Å². The van der Waals surface area contributed by atoms with Crippen LogP contribution in [0.5, 0.6) is 0 Å². The van der Waals surface area contributed by atoms with Gasteiger partial charge in [-0.1, -0.05) is 17.7 Å². The summed E-state index contributed by atoms with van der Waals surface area (Å²) in [4.78, 5) is 12.1. The third-order valence-corrected chi connectivity index (χ3v) is 3.39. The van der Waals surface area contributed by atoms with Gasteiger partial charge in [0.1, 0.15) is 0 Å². The van der Waals surface area contributed by atoms with E-state index < -0.39 is 6.04 Å². The number of aryl methyl sites for hydroxylation is 3. The van der Waals surface area contributed by atoms with E-state index in [1.165, 1.54) is 5.56 Å². The maximum Gasteiger partial charge on any atom is 0.282 e. The number of hydrazone groups is 1. The second-order valence-electron chi connectivity index (χ2n) is 5.09. The predicted molar refractivity (Wildman–Crippen MR) is 85.7 cm³/mol.